The Morgan fingerprint density at radius 3 is 2.60 bits per heavy atom. The number of likely N-dealkylation sites (tertiary alicyclic amines) is 1. The fourth-order valence-electron chi connectivity index (χ4n) is 2.83. The van der Waals surface area contributed by atoms with Crippen LogP contribution < -0.4 is 5.73 Å². The number of piperidine rings is 1. The summed E-state index contributed by atoms with van der Waals surface area (Å²) in [6, 6.07) is 10.8. The molecule has 0 radical (unpaired) electrons. The standard InChI is InChI=1S/C15H20N4S/c16-15-14(17-18-20-15)11-19-8-6-13(7-9-19)10-12-4-2-1-3-5-12/h1-5,13H,6-11,16H2. The maximum Gasteiger partial charge on any atom is 0.132 e. The Balaban J connectivity index is 1.49. The Labute approximate surface area is 123 Å². The van der Waals surface area contributed by atoms with Crippen molar-refractivity contribution in [3.05, 3.63) is 41.6 Å². The highest BCUT2D eigenvalue weighted by Crippen LogP contribution is 2.23. The zero-order valence-electron chi connectivity index (χ0n) is 11.5. The second kappa shape index (κ2) is 6.33. The van der Waals surface area contributed by atoms with Crippen molar-refractivity contribution in [2.45, 2.75) is 25.8 Å². The van der Waals surface area contributed by atoms with Gasteiger partial charge in [0, 0.05) is 18.1 Å². The van der Waals surface area contributed by atoms with Gasteiger partial charge in [0.25, 0.3) is 0 Å². The number of nitrogen functional groups attached to an aromatic ring is 1. The van der Waals surface area contributed by atoms with Gasteiger partial charge < -0.3 is 5.73 Å². The molecule has 3 rings (SSSR count). The van der Waals surface area contributed by atoms with E-state index >= 15 is 0 Å². The third kappa shape index (κ3) is 3.35. The number of aromatic nitrogens is 2. The summed E-state index contributed by atoms with van der Waals surface area (Å²) in [4.78, 5) is 2.44. The molecule has 1 aromatic carbocycles. The largest absolute Gasteiger partial charge is 0.388 e. The Kier molecular flexibility index (Phi) is 4.28. The normalized spacial score (nSPS) is 17.4. The van der Waals surface area contributed by atoms with Crippen molar-refractivity contribution in [3.63, 3.8) is 0 Å². The Hall–Kier alpha value is -1.46. The van der Waals surface area contributed by atoms with Crippen LogP contribution >= 0.6 is 11.5 Å². The lowest BCUT2D eigenvalue weighted by atomic mass is 9.90. The van der Waals surface area contributed by atoms with Gasteiger partial charge in [-0.2, -0.15) is 0 Å². The SMILES string of the molecule is Nc1snnc1CN1CCC(Cc2ccccc2)CC1. The molecule has 4 nitrogen and oxygen atoms in total. The quantitative estimate of drug-likeness (QED) is 0.939. The number of benzene rings is 1. The molecule has 2 N–H and O–H groups in total. The first-order chi connectivity index (χ1) is 9.81. The van der Waals surface area contributed by atoms with Gasteiger partial charge in [-0.15, -0.1) is 5.10 Å². The highest BCUT2D eigenvalue weighted by atomic mass is 32.1. The van der Waals surface area contributed by atoms with E-state index in [2.05, 4.69) is 44.8 Å². The number of rotatable bonds is 4. The molecule has 1 aliphatic rings. The fourth-order valence-corrected chi connectivity index (χ4v) is 3.27. The lowest BCUT2D eigenvalue weighted by Gasteiger charge is -2.31. The van der Waals surface area contributed by atoms with E-state index < -0.39 is 0 Å². The smallest absolute Gasteiger partial charge is 0.132 e. The molecular weight excluding hydrogens is 268 g/mol. The van der Waals surface area contributed by atoms with Crippen LogP contribution in [0.3, 0.4) is 0 Å². The molecule has 1 aromatic heterocycles. The third-order valence-electron chi connectivity index (χ3n) is 4.03. The van der Waals surface area contributed by atoms with Gasteiger partial charge in [-0.05, 0) is 43.8 Å². The van der Waals surface area contributed by atoms with Crippen molar-refractivity contribution in [3.8, 4) is 0 Å². The summed E-state index contributed by atoms with van der Waals surface area (Å²) in [7, 11) is 0. The first-order valence-corrected chi connectivity index (χ1v) is 7.91. The van der Waals surface area contributed by atoms with E-state index in [1.807, 2.05) is 0 Å². The molecule has 0 unspecified atom stereocenters. The molecule has 0 bridgehead atoms. The van der Waals surface area contributed by atoms with E-state index in [0.29, 0.717) is 0 Å². The molecule has 5 heteroatoms. The molecule has 106 valence electrons. The summed E-state index contributed by atoms with van der Waals surface area (Å²) < 4.78 is 3.90. The first-order valence-electron chi connectivity index (χ1n) is 7.14. The van der Waals surface area contributed by atoms with Crippen molar-refractivity contribution < 1.29 is 0 Å². The van der Waals surface area contributed by atoms with Crippen molar-refractivity contribution in [2.75, 3.05) is 18.8 Å². The van der Waals surface area contributed by atoms with Gasteiger partial charge in [0.15, 0.2) is 0 Å². The number of nitrogens with two attached hydrogens (primary N) is 1. The molecule has 0 saturated carbocycles. The van der Waals surface area contributed by atoms with Gasteiger partial charge in [-0.25, -0.2) is 0 Å². The Bertz CT molecular complexity index is 532. The average molecular weight is 288 g/mol. The number of nitrogens with zero attached hydrogens (tertiary/aromatic N) is 3. The summed E-state index contributed by atoms with van der Waals surface area (Å²) >= 11 is 1.29. The van der Waals surface area contributed by atoms with E-state index in [1.165, 1.54) is 36.4 Å². The van der Waals surface area contributed by atoms with Gasteiger partial charge >= 0.3 is 0 Å². The summed E-state index contributed by atoms with van der Waals surface area (Å²) in [6.07, 6.45) is 3.72. The van der Waals surface area contributed by atoms with Gasteiger partial charge in [0.1, 0.15) is 10.7 Å². The van der Waals surface area contributed by atoms with E-state index in [-0.39, 0.29) is 0 Å². The topological polar surface area (TPSA) is 55.0 Å². The molecule has 1 aliphatic heterocycles. The van der Waals surface area contributed by atoms with Crippen molar-refractivity contribution in [2.24, 2.45) is 5.92 Å². The van der Waals surface area contributed by atoms with E-state index in [4.69, 9.17) is 5.73 Å². The monoisotopic (exact) mass is 288 g/mol. The molecule has 2 aromatic rings. The molecule has 0 aliphatic carbocycles. The van der Waals surface area contributed by atoms with E-state index in [0.717, 1.165) is 36.2 Å². The zero-order chi connectivity index (χ0) is 13.8. The van der Waals surface area contributed by atoms with E-state index in [9.17, 15) is 0 Å². The van der Waals surface area contributed by atoms with Crippen LogP contribution in [0.1, 0.15) is 24.1 Å². The number of hydrogen-bond acceptors (Lipinski definition) is 5. The van der Waals surface area contributed by atoms with E-state index in [1.54, 1.807) is 0 Å². The summed E-state index contributed by atoms with van der Waals surface area (Å²) in [5.74, 6) is 0.805. The van der Waals surface area contributed by atoms with Crippen LogP contribution in [0.25, 0.3) is 0 Å². The molecule has 0 spiro atoms. The van der Waals surface area contributed by atoms with Crippen LogP contribution in [0.2, 0.25) is 0 Å². The first kappa shape index (κ1) is 13.5. The Morgan fingerprint density at radius 1 is 1.20 bits per heavy atom. The van der Waals surface area contributed by atoms with Crippen LogP contribution in [-0.2, 0) is 13.0 Å². The van der Waals surface area contributed by atoms with Crippen molar-refractivity contribution >= 4 is 16.5 Å². The third-order valence-corrected chi connectivity index (χ3v) is 4.63. The summed E-state index contributed by atoms with van der Waals surface area (Å²) in [5.41, 5.74) is 8.25. The number of anilines is 1. The molecule has 1 saturated heterocycles. The molecule has 2 heterocycles. The van der Waals surface area contributed by atoms with Gasteiger partial charge in [0.2, 0.25) is 0 Å². The minimum atomic E-state index is 0.761. The van der Waals surface area contributed by atoms with Crippen LogP contribution in [0.4, 0.5) is 5.00 Å². The van der Waals surface area contributed by atoms with Crippen LogP contribution in [0, 0.1) is 5.92 Å². The molecule has 0 amide bonds. The highest BCUT2D eigenvalue weighted by Gasteiger charge is 2.20. The summed E-state index contributed by atoms with van der Waals surface area (Å²) in [6.45, 7) is 3.11. The minimum absolute atomic E-state index is 0.761. The maximum absolute atomic E-state index is 5.85. The maximum atomic E-state index is 5.85. The predicted molar refractivity (Wildman–Crippen MR) is 82.5 cm³/mol. The Morgan fingerprint density at radius 2 is 1.95 bits per heavy atom. The van der Waals surface area contributed by atoms with Crippen LogP contribution in [-0.4, -0.2) is 27.6 Å². The molecule has 1 fully saturated rings. The predicted octanol–water partition coefficient (Wildman–Crippen LogP) is 2.58. The second-order valence-corrected chi connectivity index (χ2v) is 6.28. The lowest BCUT2D eigenvalue weighted by Crippen LogP contribution is -2.34. The average Bonchev–Trinajstić information content (AvgIpc) is 2.88. The van der Waals surface area contributed by atoms with Crippen molar-refractivity contribution in [1.29, 1.82) is 0 Å². The van der Waals surface area contributed by atoms with Gasteiger partial charge in [0.05, 0.1) is 0 Å². The highest BCUT2D eigenvalue weighted by molar-refractivity contribution is 7.09. The second-order valence-electron chi connectivity index (χ2n) is 5.49. The van der Waals surface area contributed by atoms with Gasteiger partial charge in [-0.3, -0.25) is 4.90 Å². The van der Waals surface area contributed by atoms with Crippen LogP contribution in [0.15, 0.2) is 30.3 Å². The molecular formula is C15H20N4S. The van der Waals surface area contributed by atoms with Gasteiger partial charge in [-0.1, -0.05) is 34.8 Å². The fraction of sp³-hybridized carbons (Fsp3) is 0.467. The lowest BCUT2D eigenvalue weighted by molar-refractivity contribution is 0.175. The molecule has 0 atom stereocenters. The van der Waals surface area contributed by atoms with Crippen LogP contribution in [0.5, 0.6) is 0 Å². The number of hydrogen-bond donors (Lipinski definition) is 1. The summed E-state index contributed by atoms with van der Waals surface area (Å²) in [5, 5.41) is 4.86. The minimum Gasteiger partial charge on any atom is -0.388 e. The van der Waals surface area contributed by atoms with Crippen molar-refractivity contribution in [1.82, 2.24) is 14.5 Å². The zero-order valence-corrected chi connectivity index (χ0v) is 12.4. The molecule has 20 heavy (non-hydrogen) atoms.